The van der Waals surface area contributed by atoms with Crippen LogP contribution in [0.4, 0.5) is 0 Å². The summed E-state index contributed by atoms with van der Waals surface area (Å²) < 4.78 is 19.2. The highest BCUT2D eigenvalue weighted by Crippen LogP contribution is 2.34. The molecule has 1 amide bonds. The van der Waals surface area contributed by atoms with Gasteiger partial charge in [0.05, 0.1) is 16.4 Å². The fraction of sp³-hybridized carbons (Fsp3) is 0.120. The molecule has 0 radical (unpaired) electrons. The second-order valence-electron chi connectivity index (χ2n) is 7.03. The van der Waals surface area contributed by atoms with Crippen molar-refractivity contribution >= 4 is 61.6 Å². The number of fused-ring (bicyclic) bond motifs is 1. The first kappa shape index (κ1) is 23.3. The normalized spacial score (nSPS) is 11.1. The van der Waals surface area contributed by atoms with Gasteiger partial charge >= 0.3 is 5.91 Å². The van der Waals surface area contributed by atoms with Gasteiger partial charge in [-0.15, -0.1) is 0 Å². The standard InChI is InChI=1S/C25H20BrIN2O4/c1-2-31-22-11-17(10-20(27)24(22)32-15-16-6-4-3-5-7-16)14-28-29-25(30)23-13-18-12-19(26)8-9-21(18)33-23/h3-14H,2,15H2,1H3,(H,29,30)/b28-14+. The van der Waals surface area contributed by atoms with Crippen LogP contribution in [0.3, 0.4) is 0 Å². The van der Waals surface area contributed by atoms with Gasteiger partial charge in [0.1, 0.15) is 12.2 Å². The zero-order valence-electron chi connectivity index (χ0n) is 17.7. The van der Waals surface area contributed by atoms with Gasteiger partial charge in [-0.05, 0) is 77.0 Å². The predicted octanol–water partition coefficient (Wildman–Crippen LogP) is 6.54. The molecule has 0 aliphatic heterocycles. The molecule has 33 heavy (non-hydrogen) atoms. The molecule has 0 spiro atoms. The fourth-order valence-corrected chi connectivity index (χ4v) is 4.30. The number of halogens is 2. The largest absolute Gasteiger partial charge is 0.490 e. The van der Waals surface area contributed by atoms with Crippen LogP contribution >= 0.6 is 38.5 Å². The summed E-state index contributed by atoms with van der Waals surface area (Å²) in [6.45, 7) is 2.85. The van der Waals surface area contributed by atoms with E-state index in [-0.39, 0.29) is 5.76 Å². The van der Waals surface area contributed by atoms with Gasteiger partial charge in [0.25, 0.3) is 0 Å². The maximum absolute atomic E-state index is 12.4. The molecule has 0 aliphatic rings. The van der Waals surface area contributed by atoms with Gasteiger partial charge in [-0.25, -0.2) is 5.43 Å². The average molecular weight is 619 g/mol. The topological polar surface area (TPSA) is 73.1 Å². The van der Waals surface area contributed by atoms with Crippen LogP contribution in [0, 0.1) is 3.57 Å². The number of carbonyl (C=O) groups excluding carboxylic acids is 1. The summed E-state index contributed by atoms with van der Waals surface area (Å²) in [5, 5.41) is 4.91. The van der Waals surface area contributed by atoms with Crippen LogP contribution in [-0.2, 0) is 6.61 Å². The molecule has 0 fully saturated rings. The highest BCUT2D eigenvalue weighted by atomic mass is 127. The Morgan fingerprint density at radius 1 is 1.12 bits per heavy atom. The van der Waals surface area contributed by atoms with E-state index < -0.39 is 5.91 Å². The number of hydrazone groups is 1. The van der Waals surface area contributed by atoms with Crippen LogP contribution < -0.4 is 14.9 Å². The summed E-state index contributed by atoms with van der Waals surface area (Å²) in [5.41, 5.74) is 4.98. The van der Waals surface area contributed by atoms with Crippen molar-refractivity contribution in [3.63, 3.8) is 0 Å². The number of hydrogen-bond acceptors (Lipinski definition) is 5. The molecule has 168 valence electrons. The van der Waals surface area contributed by atoms with Crippen LogP contribution in [0.5, 0.6) is 11.5 Å². The first-order valence-corrected chi connectivity index (χ1v) is 12.1. The number of ether oxygens (including phenoxy) is 2. The smallest absolute Gasteiger partial charge is 0.307 e. The monoisotopic (exact) mass is 618 g/mol. The summed E-state index contributed by atoms with van der Waals surface area (Å²) in [5.74, 6) is 1.06. The third-order valence-corrected chi connectivity index (χ3v) is 5.93. The van der Waals surface area contributed by atoms with Gasteiger partial charge in [-0.3, -0.25) is 4.79 Å². The van der Waals surface area contributed by atoms with Crippen molar-refractivity contribution in [2.45, 2.75) is 13.5 Å². The van der Waals surface area contributed by atoms with Crippen molar-refractivity contribution in [3.05, 3.63) is 91.7 Å². The van der Waals surface area contributed by atoms with Crippen molar-refractivity contribution < 1.29 is 18.7 Å². The Morgan fingerprint density at radius 2 is 1.94 bits per heavy atom. The highest BCUT2D eigenvalue weighted by Gasteiger charge is 2.14. The van der Waals surface area contributed by atoms with E-state index in [2.05, 4.69) is 49.0 Å². The highest BCUT2D eigenvalue weighted by molar-refractivity contribution is 14.1. The maximum Gasteiger partial charge on any atom is 0.307 e. The first-order valence-electron chi connectivity index (χ1n) is 10.2. The lowest BCUT2D eigenvalue weighted by Crippen LogP contribution is -2.16. The third kappa shape index (κ3) is 5.94. The Morgan fingerprint density at radius 3 is 2.73 bits per heavy atom. The molecule has 1 N–H and O–H groups in total. The van der Waals surface area contributed by atoms with Crippen LogP contribution in [0.2, 0.25) is 0 Å². The molecule has 0 saturated heterocycles. The zero-order chi connectivity index (χ0) is 23.2. The molecule has 0 unspecified atom stereocenters. The van der Waals surface area contributed by atoms with Crippen LogP contribution in [0.1, 0.15) is 28.6 Å². The molecule has 4 aromatic rings. The van der Waals surface area contributed by atoms with Crippen LogP contribution in [0.15, 0.2) is 80.7 Å². The second-order valence-corrected chi connectivity index (χ2v) is 9.11. The number of nitrogens with zero attached hydrogens (tertiary/aromatic N) is 1. The minimum atomic E-state index is -0.430. The van der Waals surface area contributed by atoms with E-state index in [4.69, 9.17) is 13.9 Å². The fourth-order valence-electron chi connectivity index (χ4n) is 3.14. The SMILES string of the molecule is CCOc1cc(/C=N/NC(=O)c2cc3cc(Br)ccc3o2)cc(I)c1OCc1ccccc1. The van der Waals surface area contributed by atoms with Crippen LogP contribution in [0.25, 0.3) is 11.0 Å². The molecule has 6 nitrogen and oxygen atoms in total. The number of hydrogen-bond donors (Lipinski definition) is 1. The molecule has 0 saturated carbocycles. The van der Waals surface area contributed by atoms with E-state index in [1.165, 1.54) is 0 Å². The molecule has 0 aliphatic carbocycles. The van der Waals surface area contributed by atoms with Crippen molar-refractivity contribution in [3.8, 4) is 11.5 Å². The number of carbonyl (C=O) groups is 1. The molecular weight excluding hydrogens is 599 g/mol. The molecule has 1 aromatic heterocycles. The van der Waals surface area contributed by atoms with E-state index in [9.17, 15) is 4.79 Å². The van der Waals surface area contributed by atoms with Gasteiger partial charge in [-0.1, -0.05) is 46.3 Å². The molecular formula is C25H20BrIN2O4. The Bertz CT molecular complexity index is 1300. The van der Waals surface area contributed by atoms with Gasteiger partial charge in [0.15, 0.2) is 17.3 Å². The lowest BCUT2D eigenvalue weighted by Gasteiger charge is -2.14. The van der Waals surface area contributed by atoms with E-state index in [1.807, 2.05) is 61.5 Å². The van der Waals surface area contributed by atoms with Gasteiger partial charge in [0.2, 0.25) is 0 Å². The zero-order valence-corrected chi connectivity index (χ0v) is 21.4. The van der Waals surface area contributed by atoms with E-state index in [1.54, 1.807) is 18.3 Å². The molecule has 8 heteroatoms. The van der Waals surface area contributed by atoms with Crippen molar-refractivity contribution in [1.82, 2.24) is 5.43 Å². The first-order chi connectivity index (χ1) is 16.0. The van der Waals surface area contributed by atoms with Gasteiger partial charge < -0.3 is 13.9 Å². The lowest BCUT2D eigenvalue weighted by atomic mass is 10.2. The van der Waals surface area contributed by atoms with Crippen molar-refractivity contribution in [1.29, 1.82) is 0 Å². The summed E-state index contributed by atoms with van der Waals surface area (Å²) in [7, 11) is 0. The minimum Gasteiger partial charge on any atom is -0.490 e. The second kappa shape index (κ2) is 10.8. The van der Waals surface area contributed by atoms with E-state index in [0.717, 1.165) is 24.6 Å². The van der Waals surface area contributed by atoms with Gasteiger partial charge in [-0.2, -0.15) is 5.10 Å². The van der Waals surface area contributed by atoms with Crippen molar-refractivity contribution in [2.24, 2.45) is 5.10 Å². The summed E-state index contributed by atoms with van der Waals surface area (Å²) in [6.07, 6.45) is 1.56. The van der Waals surface area contributed by atoms with Crippen molar-refractivity contribution in [2.75, 3.05) is 6.61 Å². The third-order valence-electron chi connectivity index (χ3n) is 4.64. The Labute approximate surface area is 213 Å². The lowest BCUT2D eigenvalue weighted by molar-refractivity contribution is 0.0929. The number of furan rings is 1. The Hall–Kier alpha value is -2.85. The quantitative estimate of drug-likeness (QED) is 0.138. The summed E-state index contributed by atoms with van der Waals surface area (Å²) in [6, 6.07) is 20.9. The maximum atomic E-state index is 12.4. The van der Waals surface area contributed by atoms with E-state index >= 15 is 0 Å². The molecule has 4 rings (SSSR count). The summed E-state index contributed by atoms with van der Waals surface area (Å²) in [4.78, 5) is 12.4. The molecule has 1 heterocycles. The molecule has 0 atom stereocenters. The van der Waals surface area contributed by atoms with E-state index in [0.29, 0.717) is 30.3 Å². The van der Waals surface area contributed by atoms with Gasteiger partial charge in [0, 0.05) is 9.86 Å². The number of rotatable bonds is 8. The minimum absolute atomic E-state index is 0.189. The molecule has 3 aromatic carbocycles. The predicted molar refractivity (Wildman–Crippen MR) is 140 cm³/mol. The number of amides is 1. The number of benzene rings is 3. The summed E-state index contributed by atoms with van der Waals surface area (Å²) >= 11 is 5.62. The Kier molecular flexibility index (Phi) is 7.66. The molecule has 0 bridgehead atoms. The van der Waals surface area contributed by atoms with Crippen LogP contribution in [-0.4, -0.2) is 18.7 Å². The average Bonchev–Trinajstić information content (AvgIpc) is 3.23. The Balaban J connectivity index is 1.46. The number of nitrogens with one attached hydrogen (secondary N) is 1.